The molecule has 21 heavy (non-hydrogen) atoms. The number of halogens is 2. The Morgan fingerprint density at radius 3 is 2.81 bits per heavy atom. The summed E-state index contributed by atoms with van der Waals surface area (Å²) in [6.07, 6.45) is 3.19. The first-order valence-electron chi connectivity index (χ1n) is 6.13. The van der Waals surface area contributed by atoms with Crippen molar-refractivity contribution in [3.05, 3.63) is 46.7 Å². The molecule has 0 radical (unpaired) electrons. The van der Waals surface area contributed by atoms with E-state index in [0.29, 0.717) is 27.2 Å². The van der Waals surface area contributed by atoms with E-state index in [9.17, 15) is 4.79 Å². The molecule has 110 valence electrons. The minimum absolute atomic E-state index is 0.165. The molecule has 0 spiro atoms. The molecule has 2 aromatic rings. The maximum Gasteiger partial charge on any atom is 0.227 e. The third-order valence-electron chi connectivity index (χ3n) is 2.57. The van der Waals surface area contributed by atoms with Crippen LogP contribution in [-0.2, 0) is 4.79 Å². The van der Waals surface area contributed by atoms with E-state index in [0.717, 1.165) is 0 Å². The van der Waals surface area contributed by atoms with Gasteiger partial charge in [-0.1, -0.05) is 23.2 Å². The normalized spacial score (nSPS) is 10.2. The molecular formula is C14H13Cl2N3O2. The molecular weight excluding hydrogens is 313 g/mol. The molecule has 0 saturated carbocycles. The van der Waals surface area contributed by atoms with Crippen molar-refractivity contribution in [1.82, 2.24) is 4.98 Å². The Morgan fingerprint density at radius 2 is 2.05 bits per heavy atom. The highest BCUT2D eigenvalue weighted by Crippen LogP contribution is 2.23. The molecule has 3 N–H and O–H groups in total. The van der Waals surface area contributed by atoms with Crippen LogP contribution in [0.15, 0.2) is 36.7 Å². The van der Waals surface area contributed by atoms with E-state index in [2.05, 4.69) is 10.3 Å². The Morgan fingerprint density at radius 1 is 1.24 bits per heavy atom. The average Bonchev–Trinajstić information content (AvgIpc) is 2.43. The maximum atomic E-state index is 11.8. The van der Waals surface area contributed by atoms with E-state index < -0.39 is 0 Å². The summed E-state index contributed by atoms with van der Waals surface area (Å²) in [4.78, 5) is 15.7. The summed E-state index contributed by atoms with van der Waals surface area (Å²) < 4.78 is 5.38. The number of amides is 1. The summed E-state index contributed by atoms with van der Waals surface area (Å²) >= 11 is 11.6. The molecule has 2 rings (SSSR count). The zero-order valence-corrected chi connectivity index (χ0v) is 12.5. The van der Waals surface area contributed by atoms with Crippen LogP contribution in [0.1, 0.15) is 6.42 Å². The second-order valence-electron chi connectivity index (χ2n) is 4.22. The van der Waals surface area contributed by atoms with Gasteiger partial charge in [0.15, 0.2) is 0 Å². The fourth-order valence-electron chi connectivity index (χ4n) is 1.58. The lowest BCUT2D eigenvalue weighted by molar-refractivity contribution is -0.116. The third-order valence-corrected chi connectivity index (χ3v) is 3.01. The van der Waals surface area contributed by atoms with Gasteiger partial charge in [-0.15, -0.1) is 0 Å². The number of hydrogen-bond acceptors (Lipinski definition) is 4. The highest BCUT2D eigenvalue weighted by molar-refractivity contribution is 6.31. The van der Waals surface area contributed by atoms with Crippen LogP contribution < -0.4 is 15.8 Å². The molecule has 1 aromatic heterocycles. The number of benzene rings is 1. The molecule has 0 fully saturated rings. The summed E-state index contributed by atoms with van der Waals surface area (Å²) in [6, 6.07) is 6.51. The van der Waals surface area contributed by atoms with Crippen LogP contribution in [0.2, 0.25) is 10.0 Å². The fraction of sp³-hybridized carbons (Fsp3) is 0.143. The Hall–Kier alpha value is -1.98. The number of carbonyl (C=O) groups excluding carboxylic acids is 1. The number of ether oxygens (including phenoxy) is 1. The summed E-state index contributed by atoms with van der Waals surface area (Å²) in [5, 5.41) is 3.65. The maximum absolute atomic E-state index is 11.8. The van der Waals surface area contributed by atoms with E-state index in [1.54, 1.807) is 24.3 Å². The van der Waals surface area contributed by atoms with E-state index >= 15 is 0 Å². The molecule has 5 nitrogen and oxygen atoms in total. The molecule has 1 amide bonds. The number of nitrogens with one attached hydrogen (secondary N) is 1. The number of anilines is 2. The highest BCUT2D eigenvalue weighted by Gasteiger charge is 2.06. The van der Waals surface area contributed by atoms with E-state index in [1.165, 1.54) is 12.4 Å². The number of pyridine rings is 1. The van der Waals surface area contributed by atoms with Crippen molar-refractivity contribution in [2.75, 3.05) is 17.7 Å². The summed E-state index contributed by atoms with van der Waals surface area (Å²) in [7, 11) is 0. The smallest absolute Gasteiger partial charge is 0.227 e. The van der Waals surface area contributed by atoms with Crippen molar-refractivity contribution in [3.63, 3.8) is 0 Å². The van der Waals surface area contributed by atoms with Crippen LogP contribution in [0.4, 0.5) is 11.4 Å². The predicted molar refractivity (Wildman–Crippen MR) is 83.9 cm³/mol. The lowest BCUT2D eigenvalue weighted by Gasteiger charge is -2.09. The lowest BCUT2D eigenvalue weighted by atomic mass is 10.2. The number of hydrogen-bond donors (Lipinski definition) is 2. The van der Waals surface area contributed by atoms with Crippen molar-refractivity contribution >= 4 is 40.5 Å². The number of aromatic nitrogens is 1. The third kappa shape index (κ3) is 4.81. The zero-order valence-electron chi connectivity index (χ0n) is 11.0. The Kier molecular flexibility index (Phi) is 5.25. The predicted octanol–water partition coefficient (Wildman–Crippen LogP) is 3.38. The Balaban J connectivity index is 1.84. The molecule has 0 saturated heterocycles. The molecule has 1 aromatic carbocycles. The largest absolute Gasteiger partial charge is 0.491 e. The van der Waals surface area contributed by atoms with Crippen molar-refractivity contribution in [2.45, 2.75) is 6.42 Å². The van der Waals surface area contributed by atoms with E-state index in [-0.39, 0.29) is 18.9 Å². The average molecular weight is 326 g/mol. The summed E-state index contributed by atoms with van der Waals surface area (Å²) in [5.74, 6) is 0.288. The molecule has 1 heterocycles. The van der Waals surface area contributed by atoms with Gasteiger partial charge in [-0.05, 0) is 18.2 Å². The molecule has 0 unspecified atom stereocenters. The van der Waals surface area contributed by atoms with Crippen LogP contribution >= 0.6 is 23.2 Å². The van der Waals surface area contributed by atoms with E-state index in [4.69, 9.17) is 33.7 Å². The number of nitrogens with two attached hydrogens (primary N) is 1. The zero-order chi connectivity index (χ0) is 15.2. The van der Waals surface area contributed by atoms with Crippen LogP contribution in [0.3, 0.4) is 0 Å². The molecule has 0 aliphatic carbocycles. The fourth-order valence-corrected chi connectivity index (χ4v) is 1.92. The van der Waals surface area contributed by atoms with Gasteiger partial charge in [0.05, 0.1) is 35.6 Å². The van der Waals surface area contributed by atoms with E-state index in [1.807, 2.05) is 0 Å². The van der Waals surface area contributed by atoms with Gasteiger partial charge in [0.2, 0.25) is 5.91 Å². The second kappa shape index (κ2) is 7.15. The summed E-state index contributed by atoms with van der Waals surface area (Å²) in [5.41, 5.74) is 6.68. The van der Waals surface area contributed by atoms with Crippen molar-refractivity contribution in [3.8, 4) is 5.75 Å². The van der Waals surface area contributed by atoms with Gasteiger partial charge in [0, 0.05) is 17.3 Å². The minimum Gasteiger partial charge on any atom is -0.491 e. The van der Waals surface area contributed by atoms with Crippen molar-refractivity contribution < 1.29 is 9.53 Å². The topological polar surface area (TPSA) is 77.2 Å². The van der Waals surface area contributed by atoms with Crippen molar-refractivity contribution in [1.29, 1.82) is 0 Å². The number of carbonyl (C=O) groups is 1. The van der Waals surface area contributed by atoms with Gasteiger partial charge in [-0.3, -0.25) is 9.78 Å². The first kappa shape index (κ1) is 15.4. The summed E-state index contributed by atoms with van der Waals surface area (Å²) in [6.45, 7) is 0.203. The van der Waals surface area contributed by atoms with Gasteiger partial charge in [-0.25, -0.2) is 0 Å². The van der Waals surface area contributed by atoms with Crippen LogP contribution in [0.25, 0.3) is 0 Å². The van der Waals surface area contributed by atoms with Crippen LogP contribution in [0, 0.1) is 0 Å². The molecule has 0 bridgehead atoms. The van der Waals surface area contributed by atoms with Gasteiger partial charge >= 0.3 is 0 Å². The standard InChI is InChI=1S/C14H13Cl2N3O2/c15-9-1-2-12(17)13(6-9)19-14(20)3-4-21-11-5-10(16)7-18-8-11/h1-2,5-8H,3-4,17H2,(H,19,20). The number of rotatable bonds is 5. The highest BCUT2D eigenvalue weighted by atomic mass is 35.5. The quantitative estimate of drug-likeness (QED) is 0.826. The van der Waals surface area contributed by atoms with Gasteiger partial charge in [0.1, 0.15) is 5.75 Å². The Labute approximate surface area is 132 Å². The molecule has 0 aliphatic heterocycles. The van der Waals surface area contributed by atoms with Crippen LogP contribution in [-0.4, -0.2) is 17.5 Å². The Bertz CT molecular complexity index is 650. The SMILES string of the molecule is Nc1ccc(Cl)cc1NC(=O)CCOc1cncc(Cl)c1. The first-order valence-corrected chi connectivity index (χ1v) is 6.88. The van der Waals surface area contributed by atoms with Gasteiger partial charge in [0.25, 0.3) is 0 Å². The van der Waals surface area contributed by atoms with Crippen molar-refractivity contribution in [2.24, 2.45) is 0 Å². The van der Waals surface area contributed by atoms with Crippen LogP contribution in [0.5, 0.6) is 5.75 Å². The first-order chi connectivity index (χ1) is 10.0. The number of nitrogen functional groups attached to an aromatic ring is 1. The molecule has 7 heteroatoms. The monoisotopic (exact) mass is 325 g/mol. The number of nitrogens with zero attached hydrogens (tertiary/aromatic N) is 1. The molecule has 0 aliphatic rings. The molecule has 0 atom stereocenters. The van der Waals surface area contributed by atoms with Gasteiger partial charge in [-0.2, -0.15) is 0 Å². The second-order valence-corrected chi connectivity index (χ2v) is 5.09. The van der Waals surface area contributed by atoms with Gasteiger partial charge < -0.3 is 15.8 Å². The minimum atomic E-state index is -0.223. The lowest BCUT2D eigenvalue weighted by Crippen LogP contribution is -2.16.